The molecule has 0 saturated carbocycles. The quantitative estimate of drug-likeness (QED) is 0.223. The van der Waals surface area contributed by atoms with Gasteiger partial charge in [-0.1, -0.05) is 11.6 Å². The molecule has 1 N–H and O–H groups in total. The van der Waals surface area contributed by atoms with E-state index < -0.39 is 6.16 Å². The largest absolute Gasteiger partial charge is 0.511 e. The molecule has 34 heavy (non-hydrogen) atoms. The number of benzene rings is 3. The number of carbonyl (C=O) groups is 1. The highest BCUT2D eigenvalue weighted by atomic mass is 35.5. The fraction of sp³-hybridized carbons (Fsp3) is 0.231. The van der Waals surface area contributed by atoms with Crippen molar-refractivity contribution in [3.8, 4) is 17.1 Å². The number of carboxylic acid groups (broad SMARTS) is 1. The summed E-state index contributed by atoms with van der Waals surface area (Å²) in [5, 5.41) is 12.0. The summed E-state index contributed by atoms with van der Waals surface area (Å²) in [6, 6.07) is 15.8. The molecule has 0 atom stereocenters. The first-order valence-electron chi connectivity index (χ1n) is 11.0. The maximum atomic E-state index is 11.1. The molecule has 8 heteroatoms. The van der Waals surface area contributed by atoms with Crippen molar-refractivity contribution in [2.24, 2.45) is 0 Å². The molecule has 0 aliphatic rings. The number of hydrogen-bond donors (Lipinski definition) is 1. The number of imidazole rings is 1. The number of ether oxygens (including phenoxy) is 2. The van der Waals surface area contributed by atoms with Gasteiger partial charge in [-0.25, -0.2) is 9.78 Å². The Hall–Kier alpha value is -3.55. The van der Waals surface area contributed by atoms with Crippen LogP contribution in [-0.2, 0) is 17.8 Å². The fourth-order valence-corrected chi connectivity index (χ4v) is 4.87. The van der Waals surface area contributed by atoms with Crippen LogP contribution < -0.4 is 4.74 Å². The molecule has 0 bridgehead atoms. The smallest absolute Gasteiger partial charge is 0.449 e. The lowest BCUT2D eigenvalue weighted by molar-refractivity contribution is 0.144. The van der Waals surface area contributed by atoms with Crippen LogP contribution >= 0.6 is 11.6 Å². The average molecular weight is 478 g/mol. The Labute approximate surface area is 201 Å². The van der Waals surface area contributed by atoms with Crippen molar-refractivity contribution in [1.82, 2.24) is 14.1 Å². The van der Waals surface area contributed by atoms with E-state index >= 15 is 0 Å². The topological polar surface area (TPSA) is 78.5 Å². The highest BCUT2D eigenvalue weighted by molar-refractivity contribution is 6.32. The number of halogens is 1. The zero-order valence-corrected chi connectivity index (χ0v) is 19.9. The van der Waals surface area contributed by atoms with Gasteiger partial charge in [0.15, 0.2) is 0 Å². The average Bonchev–Trinajstić information content (AvgIpc) is 3.34. The Morgan fingerprint density at radius 2 is 1.74 bits per heavy atom. The normalized spacial score (nSPS) is 11.6. The van der Waals surface area contributed by atoms with Crippen molar-refractivity contribution < 1.29 is 19.4 Å². The van der Waals surface area contributed by atoms with Gasteiger partial charge in [0, 0.05) is 58.2 Å². The zero-order chi connectivity index (χ0) is 24.0. The Kier molecular flexibility index (Phi) is 5.67. The number of methoxy groups -OCH3 is 1. The molecule has 0 spiro atoms. The van der Waals surface area contributed by atoms with E-state index in [9.17, 15) is 4.79 Å². The first-order chi connectivity index (χ1) is 16.4. The molecule has 0 aliphatic heterocycles. The van der Waals surface area contributed by atoms with Crippen molar-refractivity contribution in [3.05, 3.63) is 59.1 Å². The SMILES string of the molecule is CCn1c2ccc(Cl)cc2c2cc(-c3nc4c(C)c(OC(=O)O)ccc4n3CCOC)ccc21. The molecule has 5 rings (SSSR count). The molecule has 2 aromatic heterocycles. The second-order valence-corrected chi connectivity index (χ2v) is 8.58. The number of nitrogens with zero attached hydrogens (tertiary/aromatic N) is 3. The molecule has 7 nitrogen and oxygen atoms in total. The summed E-state index contributed by atoms with van der Waals surface area (Å²) in [6.45, 7) is 5.90. The number of aryl methyl sites for hydroxylation is 2. The number of fused-ring (bicyclic) bond motifs is 4. The van der Waals surface area contributed by atoms with Gasteiger partial charge in [0.25, 0.3) is 0 Å². The van der Waals surface area contributed by atoms with Crippen molar-refractivity contribution in [3.63, 3.8) is 0 Å². The summed E-state index contributed by atoms with van der Waals surface area (Å²) < 4.78 is 14.7. The van der Waals surface area contributed by atoms with Crippen molar-refractivity contribution in [1.29, 1.82) is 0 Å². The fourth-order valence-electron chi connectivity index (χ4n) is 4.70. The van der Waals surface area contributed by atoms with Crippen molar-refractivity contribution in [2.45, 2.75) is 26.9 Å². The molecule has 0 fully saturated rings. The standard InChI is InChI=1S/C26H24ClN3O4/c1-4-29-20-7-5-16(13-18(20)19-14-17(27)6-8-21(19)29)25-28-24-15(2)23(34-26(31)32)10-9-22(24)30(25)11-12-33-3/h5-10,13-14H,4,11-12H2,1-3H3,(H,31,32). The van der Waals surface area contributed by atoms with E-state index in [-0.39, 0.29) is 5.75 Å². The molecule has 174 valence electrons. The molecule has 0 unspecified atom stereocenters. The summed E-state index contributed by atoms with van der Waals surface area (Å²) in [5.41, 5.74) is 5.49. The van der Waals surface area contributed by atoms with Gasteiger partial charge in [0.05, 0.1) is 17.6 Å². The summed E-state index contributed by atoms with van der Waals surface area (Å²) in [5.74, 6) is 1.06. The van der Waals surface area contributed by atoms with Crippen LogP contribution in [0.15, 0.2) is 48.5 Å². The highest BCUT2D eigenvalue weighted by Crippen LogP contribution is 2.36. The predicted octanol–water partition coefficient (Wildman–Crippen LogP) is 6.50. The molecule has 0 amide bonds. The molecule has 0 radical (unpaired) electrons. The Morgan fingerprint density at radius 1 is 1.03 bits per heavy atom. The molecule has 0 saturated heterocycles. The first-order valence-corrected chi connectivity index (χ1v) is 11.4. The minimum absolute atomic E-state index is 0.277. The third-order valence-electron chi connectivity index (χ3n) is 6.24. The Balaban J connectivity index is 1.76. The van der Waals surface area contributed by atoms with E-state index in [0.29, 0.717) is 29.3 Å². The predicted molar refractivity (Wildman–Crippen MR) is 134 cm³/mol. The third-order valence-corrected chi connectivity index (χ3v) is 6.48. The van der Waals surface area contributed by atoms with E-state index in [0.717, 1.165) is 45.3 Å². The van der Waals surface area contributed by atoms with Crippen LogP contribution in [0.25, 0.3) is 44.2 Å². The zero-order valence-electron chi connectivity index (χ0n) is 19.1. The van der Waals surface area contributed by atoms with Crippen LogP contribution in [0.5, 0.6) is 5.75 Å². The van der Waals surface area contributed by atoms with Crippen LogP contribution in [0.3, 0.4) is 0 Å². The van der Waals surface area contributed by atoms with Gasteiger partial charge in [0.1, 0.15) is 11.6 Å². The van der Waals surface area contributed by atoms with Crippen LogP contribution in [0.1, 0.15) is 12.5 Å². The minimum Gasteiger partial charge on any atom is -0.449 e. The van der Waals surface area contributed by atoms with Gasteiger partial charge < -0.3 is 23.7 Å². The van der Waals surface area contributed by atoms with Gasteiger partial charge in [-0.05, 0) is 62.4 Å². The van der Waals surface area contributed by atoms with Crippen molar-refractivity contribution >= 4 is 50.6 Å². The summed E-state index contributed by atoms with van der Waals surface area (Å²) in [7, 11) is 1.66. The summed E-state index contributed by atoms with van der Waals surface area (Å²) in [6.07, 6.45) is -1.35. The molecular weight excluding hydrogens is 454 g/mol. The molecular formula is C26H24ClN3O4. The summed E-state index contributed by atoms with van der Waals surface area (Å²) in [4.78, 5) is 16.0. The van der Waals surface area contributed by atoms with Gasteiger partial charge in [0.2, 0.25) is 0 Å². The number of rotatable bonds is 6. The van der Waals surface area contributed by atoms with Gasteiger partial charge in [-0.2, -0.15) is 0 Å². The Morgan fingerprint density at radius 3 is 2.44 bits per heavy atom. The molecule has 3 aromatic carbocycles. The minimum atomic E-state index is -1.35. The lowest BCUT2D eigenvalue weighted by atomic mass is 10.1. The van der Waals surface area contributed by atoms with Gasteiger partial charge in [-0.15, -0.1) is 0 Å². The second kappa shape index (κ2) is 8.66. The van der Waals surface area contributed by atoms with Gasteiger partial charge >= 0.3 is 6.16 Å². The van der Waals surface area contributed by atoms with Crippen LogP contribution in [-0.4, -0.2) is 39.1 Å². The maximum Gasteiger partial charge on any atom is 0.511 e. The molecule has 2 heterocycles. The van der Waals surface area contributed by atoms with Crippen molar-refractivity contribution in [2.75, 3.05) is 13.7 Å². The van der Waals surface area contributed by atoms with E-state index in [1.165, 1.54) is 0 Å². The highest BCUT2D eigenvalue weighted by Gasteiger charge is 2.19. The third kappa shape index (κ3) is 3.57. The monoisotopic (exact) mass is 477 g/mol. The lowest BCUT2D eigenvalue weighted by Gasteiger charge is -2.10. The van der Waals surface area contributed by atoms with Gasteiger partial charge in [-0.3, -0.25) is 0 Å². The van der Waals surface area contributed by atoms with Crippen LogP contribution in [0, 0.1) is 6.92 Å². The second-order valence-electron chi connectivity index (χ2n) is 8.14. The van der Waals surface area contributed by atoms with E-state index in [4.69, 9.17) is 31.2 Å². The molecule has 0 aliphatic carbocycles. The lowest BCUT2D eigenvalue weighted by Crippen LogP contribution is -2.06. The van der Waals surface area contributed by atoms with E-state index in [1.54, 1.807) is 13.2 Å². The van der Waals surface area contributed by atoms with E-state index in [1.807, 2.05) is 25.1 Å². The summed E-state index contributed by atoms with van der Waals surface area (Å²) >= 11 is 6.34. The van der Waals surface area contributed by atoms with Crippen LogP contribution in [0.4, 0.5) is 4.79 Å². The number of hydrogen-bond acceptors (Lipinski definition) is 4. The first kappa shape index (κ1) is 22.3. The number of aromatic nitrogens is 3. The Bertz CT molecular complexity index is 1570. The maximum absolute atomic E-state index is 11.1. The van der Waals surface area contributed by atoms with E-state index in [2.05, 4.69) is 40.3 Å². The van der Waals surface area contributed by atoms with Crippen LogP contribution in [0.2, 0.25) is 5.02 Å². The molecule has 5 aromatic rings.